The van der Waals surface area contributed by atoms with Gasteiger partial charge in [-0.1, -0.05) is 23.4 Å². The number of nitrogens with zero attached hydrogens (tertiary/aromatic N) is 1. The summed E-state index contributed by atoms with van der Waals surface area (Å²) in [6.07, 6.45) is 3.63. The number of aromatic nitrogens is 1. The van der Waals surface area contributed by atoms with Gasteiger partial charge in [-0.15, -0.1) is 0 Å². The summed E-state index contributed by atoms with van der Waals surface area (Å²) in [5, 5.41) is 3.76. The van der Waals surface area contributed by atoms with Gasteiger partial charge in [-0.25, -0.2) is 8.42 Å². The molecule has 0 aliphatic heterocycles. The first-order valence-corrected chi connectivity index (χ1v) is 9.26. The molecule has 0 saturated heterocycles. The van der Waals surface area contributed by atoms with Crippen molar-refractivity contribution in [3.8, 4) is 5.75 Å². The van der Waals surface area contributed by atoms with Crippen LogP contribution in [-0.4, -0.2) is 20.2 Å². The standard InChI is InChI=1S/C16H19NO4S/c1-2-20-15-6-4-3-5-13(15)10-22(18,19)11-14-9-17-21-16(14)12-7-8-12/h3-6,9,12H,2,7-8,10-11H2,1H3. The fraction of sp³-hybridized carbons (Fsp3) is 0.438. The van der Waals surface area contributed by atoms with Gasteiger partial charge in [0.25, 0.3) is 0 Å². The molecule has 1 aliphatic rings. The first-order valence-electron chi connectivity index (χ1n) is 7.43. The zero-order chi connectivity index (χ0) is 15.6. The lowest BCUT2D eigenvalue weighted by Gasteiger charge is -2.10. The first-order chi connectivity index (χ1) is 10.6. The Morgan fingerprint density at radius 2 is 1.95 bits per heavy atom. The highest BCUT2D eigenvalue weighted by atomic mass is 32.2. The van der Waals surface area contributed by atoms with Gasteiger partial charge in [0.15, 0.2) is 9.84 Å². The Labute approximate surface area is 130 Å². The zero-order valence-electron chi connectivity index (χ0n) is 12.5. The van der Waals surface area contributed by atoms with E-state index < -0.39 is 9.84 Å². The lowest BCUT2D eigenvalue weighted by molar-refractivity contribution is 0.337. The van der Waals surface area contributed by atoms with Crippen molar-refractivity contribution in [3.05, 3.63) is 47.3 Å². The number of hydrogen-bond acceptors (Lipinski definition) is 5. The van der Waals surface area contributed by atoms with E-state index in [0.717, 1.165) is 18.6 Å². The molecule has 0 unspecified atom stereocenters. The largest absolute Gasteiger partial charge is 0.494 e. The topological polar surface area (TPSA) is 69.4 Å². The van der Waals surface area contributed by atoms with Crippen molar-refractivity contribution >= 4 is 9.84 Å². The minimum atomic E-state index is -3.31. The van der Waals surface area contributed by atoms with Crippen LogP contribution in [0.25, 0.3) is 0 Å². The van der Waals surface area contributed by atoms with Gasteiger partial charge in [-0.05, 0) is 25.8 Å². The van der Waals surface area contributed by atoms with Crippen LogP contribution < -0.4 is 4.74 Å². The number of hydrogen-bond donors (Lipinski definition) is 0. The summed E-state index contributed by atoms with van der Waals surface area (Å²) < 4.78 is 35.7. The van der Waals surface area contributed by atoms with Crippen LogP contribution in [0.15, 0.2) is 35.0 Å². The van der Waals surface area contributed by atoms with Crippen LogP contribution in [0.2, 0.25) is 0 Å². The van der Waals surface area contributed by atoms with E-state index in [0.29, 0.717) is 29.4 Å². The summed E-state index contributed by atoms with van der Waals surface area (Å²) in [7, 11) is -3.31. The molecule has 0 N–H and O–H groups in total. The van der Waals surface area contributed by atoms with E-state index in [2.05, 4.69) is 5.16 Å². The van der Waals surface area contributed by atoms with Gasteiger partial charge < -0.3 is 9.26 Å². The lowest BCUT2D eigenvalue weighted by atomic mass is 10.2. The Morgan fingerprint density at radius 3 is 2.68 bits per heavy atom. The predicted molar refractivity (Wildman–Crippen MR) is 82.4 cm³/mol. The van der Waals surface area contributed by atoms with Crippen LogP contribution in [0, 0.1) is 0 Å². The van der Waals surface area contributed by atoms with Gasteiger partial charge in [0.2, 0.25) is 0 Å². The summed E-state index contributed by atoms with van der Waals surface area (Å²) in [5.74, 6) is 1.63. The Morgan fingerprint density at radius 1 is 1.23 bits per heavy atom. The highest BCUT2D eigenvalue weighted by Gasteiger charge is 2.31. The second kappa shape index (κ2) is 6.12. The molecule has 1 fully saturated rings. The summed E-state index contributed by atoms with van der Waals surface area (Å²) in [4.78, 5) is 0. The van der Waals surface area contributed by atoms with Crippen LogP contribution in [-0.2, 0) is 21.3 Å². The van der Waals surface area contributed by atoms with Crippen molar-refractivity contribution in [2.75, 3.05) is 6.61 Å². The smallest absolute Gasteiger partial charge is 0.158 e. The number of ether oxygens (including phenoxy) is 1. The second-order valence-electron chi connectivity index (χ2n) is 5.56. The predicted octanol–water partition coefficient (Wildman–Crippen LogP) is 3.07. The molecule has 118 valence electrons. The van der Waals surface area contributed by atoms with Gasteiger partial charge >= 0.3 is 0 Å². The minimum Gasteiger partial charge on any atom is -0.494 e. The van der Waals surface area contributed by atoms with Gasteiger partial charge in [-0.2, -0.15) is 0 Å². The van der Waals surface area contributed by atoms with Gasteiger partial charge in [0.05, 0.1) is 24.3 Å². The van der Waals surface area contributed by atoms with E-state index >= 15 is 0 Å². The molecule has 3 rings (SSSR count). The molecule has 0 bridgehead atoms. The van der Waals surface area contributed by atoms with E-state index in [4.69, 9.17) is 9.26 Å². The monoisotopic (exact) mass is 321 g/mol. The molecule has 6 heteroatoms. The molecule has 0 radical (unpaired) electrons. The molecule has 1 aliphatic carbocycles. The molecule has 1 heterocycles. The van der Waals surface area contributed by atoms with Crippen molar-refractivity contribution < 1.29 is 17.7 Å². The van der Waals surface area contributed by atoms with E-state index in [1.165, 1.54) is 6.20 Å². The highest BCUT2D eigenvalue weighted by molar-refractivity contribution is 7.89. The highest BCUT2D eigenvalue weighted by Crippen LogP contribution is 2.42. The number of benzene rings is 1. The van der Waals surface area contributed by atoms with E-state index in [1.807, 2.05) is 19.1 Å². The van der Waals surface area contributed by atoms with Crippen LogP contribution in [0.3, 0.4) is 0 Å². The van der Waals surface area contributed by atoms with Crippen molar-refractivity contribution in [1.29, 1.82) is 0 Å². The molecule has 1 aromatic carbocycles. The Kier molecular flexibility index (Phi) is 4.20. The molecule has 0 amide bonds. The molecule has 22 heavy (non-hydrogen) atoms. The maximum atomic E-state index is 12.5. The zero-order valence-corrected chi connectivity index (χ0v) is 13.3. The number of sulfone groups is 1. The van der Waals surface area contributed by atoms with Crippen LogP contribution in [0.5, 0.6) is 5.75 Å². The molecule has 0 atom stereocenters. The van der Waals surface area contributed by atoms with E-state index in [9.17, 15) is 8.42 Å². The summed E-state index contributed by atoms with van der Waals surface area (Å²) in [5.41, 5.74) is 1.38. The van der Waals surface area contributed by atoms with Gasteiger partial charge in [-0.3, -0.25) is 0 Å². The fourth-order valence-corrected chi connectivity index (χ4v) is 4.01. The van der Waals surface area contributed by atoms with Crippen LogP contribution >= 0.6 is 0 Å². The summed E-state index contributed by atoms with van der Waals surface area (Å²) in [6, 6.07) is 7.25. The maximum Gasteiger partial charge on any atom is 0.158 e. The third-order valence-electron chi connectivity index (χ3n) is 3.65. The minimum absolute atomic E-state index is 0.0389. The quantitative estimate of drug-likeness (QED) is 0.784. The maximum absolute atomic E-state index is 12.5. The summed E-state index contributed by atoms with van der Waals surface area (Å²) in [6.45, 7) is 2.39. The van der Waals surface area contributed by atoms with Crippen molar-refractivity contribution in [1.82, 2.24) is 5.16 Å². The normalized spacial score (nSPS) is 15.0. The Balaban J connectivity index is 1.77. The van der Waals surface area contributed by atoms with Gasteiger partial charge in [0, 0.05) is 17.0 Å². The number of rotatable bonds is 7. The molecular formula is C16H19NO4S. The third-order valence-corrected chi connectivity index (χ3v) is 5.15. The fourth-order valence-electron chi connectivity index (χ4n) is 2.50. The van der Waals surface area contributed by atoms with Crippen molar-refractivity contribution in [2.45, 2.75) is 37.2 Å². The molecule has 1 aromatic heterocycles. The van der Waals surface area contributed by atoms with Gasteiger partial charge in [0.1, 0.15) is 11.5 Å². The Bertz CT molecular complexity index is 747. The molecule has 5 nitrogen and oxygen atoms in total. The van der Waals surface area contributed by atoms with Crippen molar-refractivity contribution in [2.24, 2.45) is 0 Å². The van der Waals surface area contributed by atoms with E-state index in [1.54, 1.807) is 12.1 Å². The molecular weight excluding hydrogens is 302 g/mol. The lowest BCUT2D eigenvalue weighted by Crippen LogP contribution is -2.09. The molecule has 2 aromatic rings. The third kappa shape index (κ3) is 3.50. The van der Waals surface area contributed by atoms with Crippen LogP contribution in [0.4, 0.5) is 0 Å². The van der Waals surface area contributed by atoms with Crippen LogP contribution in [0.1, 0.15) is 42.6 Å². The average molecular weight is 321 g/mol. The Hall–Kier alpha value is -1.82. The first kappa shape index (κ1) is 15.1. The summed E-state index contributed by atoms with van der Waals surface area (Å²) >= 11 is 0. The SMILES string of the molecule is CCOc1ccccc1CS(=O)(=O)Cc1cnoc1C1CC1. The number of para-hydroxylation sites is 1. The van der Waals surface area contributed by atoms with E-state index in [-0.39, 0.29) is 11.5 Å². The second-order valence-corrected chi connectivity index (χ2v) is 7.63. The average Bonchev–Trinajstić information content (AvgIpc) is 3.22. The van der Waals surface area contributed by atoms with Crippen molar-refractivity contribution in [3.63, 3.8) is 0 Å². The molecule has 1 saturated carbocycles. The molecule has 0 spiro atoms.